The molecule has 0 atom stereocenters. The Kier molecular flexibility index (Phi) is 6.93. The molecule has 6 rings (SSSR count). The second kappa shape index (κ2) is 10.5. The third kappa shape index (κ3) is 4.77. The highest BCUT2D eigenvalue weighted by molar-refractivity contribution is 5.92. The Morgan fingerprint density at radius 2 is 0.810 bits per heavy atom. The molecule has 0 bridgehead atoms. The van der Waals surface area contributed by atoms with Gasteiger partial charge >= 0.3 is 0 Å². The van der Waals surface area contributed by atoms with Crippen molar-refractivity contribution in [2.24, 2.45) is 5.41 Å². The summed E-state index contributed by atoms with van der Waals surface area (Å²) < 4.78 is 0. The molecule has 0 aliphatic carbocycles. The molecular weight excluding hydrogens is 506 g/mol. The normalized spacial score (nSPS) is 12.5. The summed E-state index contributed by atoms with van der Waals surface area (Å²) in [6.45, 7) is 13.9. The fraction of sp³-hybridized carbons (Fsp3) is 0.220. The standard InChI is InChI=1S/C41H41N/c1-39(2,3)31-21-25-33(26-22-31)42-34-27-23-32(24-28-34)41(40(4,5)6,37-19-11-15-29-13-7-9-17-35(29)37)38-20-12-16-30-14-8-10-18-36(30)38/h7-28,42H,1-6H3. The van der Waals surface area contributed by atoms with Crippen molar-refractivity contribution >= 4 is 32.9 Å². The maximum Gasteiger partial charge on any atom is 0.0511 e. The van der Waals surface area contributed by atoms with Crippen molar-refractivity contribution in [1.82, 2.24) is 0 Å². The van der Waals surface area contributed by atoms with Crippen LogP contribution in [0, 0.1) is 5.41 Å². The van der Waals surface area contributed by atoms with Crippen LogP contribution in [0.4, 0.5) is 11.4 Å². The molecule has 6 aromatic rings. The molecule has 0 spiro atoms. The molecule has 210 valence electrons. The third-order valence-electron chi connectivity index (χ3n) is 8.87. The molecule has 0 saturated heterocycles. The molecule has 0 radical (unpaired) electrons. The first kappa shape index (κ1) is 27.8. The number of hydrogen-bond acceptors (Lipinski definition) is 1. The van der Waals surface area contributed by atoms with E-state index in [2.05, 4.69) is 180 Å². The lowest BCUT2D eigenvalue weighted by atomic mass is 9.54. The Morgan fingerprint density at radius 1 is 0.405 bits per heavy atom. The van der Waals surface area contributed by atoms with E-state index in [-0.39, 0.29) is 10.8 Å². The van der Waals surface area contributed by atoms with Crippen LogP contribution in [-0.4, -0.2) is 0 Å². The zero-order valence-electron chi connectivity index (χ0n) is 25.7. The van der Waals surface area contributed by atoms with Crippen molar-refractivity contribution in [3.8, 4) is 0 Å². The first-order valence-electron chi connectivity index (χ1n) is 15.0. The minimum Gasteiger partial charge on any atom is -0.356 e. The molecule has 0 unspecified atom stereocenters. The second-order valence-corrected chi connectivity index (χ2v) is 13.6. The minimum absolute atomic E-state index is 0.139. The fourth-order valence-electron chi connectivity index (χ4n) is 6.83. The minimum atomic E-state index is -0.415. The molecule has 0 aromatic heterocycles. The predicted octanol–water partition coefficient (Wildman–Crippen LogP) is 11.4. The smallest absolute Gasteiger partial charge is 0.0511 e. The molecule has 1 nitrogen and oxygen atoms in total. The molecule has 42 heavy (non-hydrogen) atoms. The van der Waals surface area contributed by atoms with Crippen molar-refractivity contribution in [1.29, 1.82) is 0 Å². The van der Waals surface area contributed by atoms with Crippen LogP contribution in [0.5, 0.6) is 0 Å². The van der Waals surface area contributed by atoms with E-state index in [4.69, 9.17) is 0 Å². The topological polar surface area (TPSA) is 12.0 Å². The SMILES string of the molecule is CC(C)(C)c1ccc(Nc2ccc(C(c3cccc4ccccc34)(c3cccc4ccccc34)C(C)(C)C)cc2)cc1. The first-order valence-corrected chi connectivity index (χ1v) is 15.0. The largest absolute Gasteiger partial charge is 0.356 e. The van der Waals surface area contributed by atoms with E-state index < -0.39 is 5.41 Å². The van der Waals surface area contributed by atoms with Crippen LogP contribution in [0.1, 0.15) is 63.8 Å². The van der Waals surface area contributed by atoms with Gasteiger partial charge in [-0.15, -0.1) is 0 Å². The molecule has 0 fully saturated rings. The second-order valence-electron chi connectivity index (χ2n) is 13.6. The Morgan fingerprint density at radius 3 is 1.24 bits per heavy atom. The van der Waals surface area contributed by atoms with E-state index >= 15 is 0 Å². The van der Waals surface area contributed by atoms with Crippen LogP contribution in [0.3, 0.4) is 0 Å². The van der Waals surface area contributed by atoms with Gasteiger partial charge in [0.2, 0.25) is 0 Å². The lowest BCUT2D eigenvalue weighted by Gasteiger charge is -2.48. The number of rotatable bonds is 5. The van der Waals surface area contributed by atoms with E-state index in [1.807, 2.05) is 0 Å². The summed E-state index contributed by atoms with van der Waals surface area (Å²) in [4.78, 5) is 0. The van der Waals surface area contributed by atoms with Gasteiger partial charge in [0.25, 0.3) is 0 Å². The summed E-state index contributed by atoms with van der Waals surface area (Å²) in [6.07, 6.45) is 0. The maximum absolute atomic E-state index is 3.64. The highest BCUT2D eigenvalue weighted by atomic mass is 14.9. The first-order chi connectivity index (χ1) is 20.1. The van der Waals surface area contributed by atoms with Crippen molar-refractivity contribution in [3.05, 3.63) is 156 Å². The summed E-state index contributed by atoms with van der Waals surface area (Å²) in [5.41, 5.74) is 7.05. The Balaban J connectivity index is 1.56. The zero-order valence-corrected chi connectivity index (χ0v) is 25.7. The van der Waals surface area contributed by atoms with Crippen LogP contribution < -0.4 is 5.32 Å². The Labute approximate surface area is 251 Å². The summed E-state index contributed by atoms with van der Waals surface area (Å²) in [7, 11) is 0. The van der Waals surface area contributed by atoms with Gasteiger partial charge in [0.05, 0.1) is 5.41 Å². The lowest BCUT2D eigenvalue weighted by molar-refractivity contribution is 0.276. The van der Waals surface area contributed by atoms with Gasteiger partial charge in [0, 0.05) is 11.4 Å². The van der Waals surface area contributed by atoms with Gasteiger partial charge in [-0.3, -0.25) is 0 Å². The van der Waals surface area contributed by atoms with E-state index in [9.17, 15) is 0 Å². The highest BCUT2D eigenvalue weighted by Crippen LogP contribution is 2.55. The van der Waals surface area contributed by atoms with Gasteiger partial charge in [0.1, 0.15) is 0 Å². The maximum atomic E-state index is 3.64. The Hall–Kier alpha value is -4.36. The zero-order chi connectivity index (χ0) is 29.5. The van der Waals surface area contributed by atoms with Crippen LogP contribution in [0.25, 0.3) is 21.5 Å². The van der Waals surface area contributed by atoms with Gasteiger partial charge in [-0.25, -0.2) is 0 Å². The van der Waals surface area contributed by atoms with Crippen LogP contribution in [0.2, 0.25) is 0 Å². The number of benzene rings is 6. The summed E-state index contributed by atoms with van der Waals surface area (Å²) in [5.74, 6) is 0. The van der Waals surface area contributed by atoms with Gasteiger partial charge in [-0.05, 0) is 78.9 Å². The van der Waals surface area contributed by atoms with Gasteiger partial charge < -0.3 is 5.32 Å². The molecule has 0 aliphatic rings. The molecule has 1 heteroatoms. The average Bonchev–Trinajstić information content (AvgIpc) is 2.98. The fourth-order valence-corrected chi connectivity index (χ4v) is 6.83. The predicted molar refractivity (Wildman–Crippen MR) is 182 cm³/mol. The molecular formula is C41H41N. The molecule has 1 N–H and O–H groups in total. The summed E-state index contributed by atoms with van der Waals surface area (Å²) in [5, 5.41) is 8.76. The van der Waals surface area contributed by atoms with E-state index in [0.29, 0.717) is 0 Å². The van der Waals surface area contributed by atoms with Crippen LogP contribution in [-0.2, 0) is 10.8 Å². The summed E-state index contributed by atoms with van der Waals surface area (Å²) in [6, 6.07) is 49.2. The van der Waals surface area contributed by atoms with Gasteiger partial charge in [0.15, 0.2) is 0 Å². The lowest BCUT2D eigenvalue weighted by Crippen LogP contribution is -2.42. The Bertz CT molecular complexity index is 1760. The van der Waals surface area contributed by atoms with Crippen molar-refractivity contribution in [2.75, 3.05) is 5.32 Å². The van der Waals surface area contributed by atoms with Gasteiger partial charge in [-0.1, -0.05) is 151 Å². The van der Waals surface area contributed by atoms with E-state index in [1.165, 1.54) is 43.8 Å². The molecule has 0 saturated carbocycles. The summed E-state index contributed by atoms with van der Waals surface area (Å²) >= 11 is 0. The molecule has 0 amide bonds. The third-order valence-corrected chi connectivity index (χ3v) is 8.87. The quantitative estimate of drug-likeness (QED) is 0.212. The van der Waals surface area contributed by atoms with E-state index in [0.717, 1.165) is 11.4 Å². The number of anilines is 2. The van der Waals surface area contributed by atoms with Crippen molar-refractivity contribution in [3.63, 3.8) is 0 Å². The monoisotopic (exact) mass is 547 g/mol. The number of nitrogens with one attached hydrogen (secondary N) is 1. The molecule has 0 aliphatic heterocycles. The van der Waals surface area contributed by atoms with Crippen LogP contribution >= 0.6 is 0 Å². The number of hydrogen-bond donors (Lipinski definition) is 1. The van der Waals surface area contributed by atoms with Crippen LogP contribution in [0.15, 0.2) is 133 Å². The van der Waals surface area contributed by atoms with Crippen molar-refractivity contribution < 1.29 is 0 Å². The van der Waals surface area contributed by atoms with Gasteiger partial charge in [-0.2, -0.15) is 0 Å². The van der Waals surface area contributed by atoms with Crippen molar-refractivity contribution in [2.45, 2.75) is 52.4 Å². The number of fused-ring (bicyclic) bond motifs is 2. The average molecular weight is 548 g/mol. The van der Waals surface area contributed by atoms with E-state index in [1.54, 1.807) is 0 Å². The molecule has 0 heterocycles. The highest BCUT2D eigenvalue weighted by Gasteiger charge is 2.48. The molecule has 6 aromatic carbocycles.